The number of rotatable bonds is 3. The third-order valence-electron chi connectivity index (χ3n) is 6.43. The van der Waals surface area contributed by atoms with Crippen LogP contribution in [0.1, 0.15) is 36.3 Å². The molecule has 2 saturated heterocycles. The van der Waals surface area contributed by atoms with Crippen molar-refractivity contribution in [1.82, 2.24) is 4.90 Å². The quantitative estimate of drug-likeness (QED) is 0.683. The Balaban J connectivity index is 1.66. The van der Waals surface area contributed by atoms with Crippen molar-refractivity contribution in [1.29, 1.82) is 0 Å². The normalized spacial score (nSPS) is 27.0. The average molecular weight is 418 g/mol. The number of piperidine rings is 1. The van der Waals surface area contributed by atoms with E-state index in [1.165, 1.54) is 11.1 Å². The highest BCUT2D eigenvalue weighted by molar-refractivity contribution is 6.42. The van der Waals surface area contributed by atoms with Gasteiger partial charge in [0.2, 0.25) is 5.91 Å². The van der Waals surface area contributed by atoms with Crippen LogP contribution >= 0.6 is 23.2 Å². The minimum Gasteiger partial charge on any atom is -0.397 e. The van der Waals surface area contributed by atoms with Crippen LogP contribution in [-0.4, -0.2) is 29.9 Å². The number of aryl methyl sites for hydroxylation is 1. The number of halogens is 2. The average Bonchev–Trinajstić information content (AvgIpc) is 2.89. The Labute approximate surface area is 176 Å². The first-order valence-electron chi connectivity index (χ1n) is 9.69. The first kappa shape index (κ1) is 19.6. The lowest BCUT2D eigenvalue weighted by Gasteiger charge is -2.42. The maximum atomic E-state index is 13.4. The molecule has 4 unspecified atom stereocenters. The molecule has 4 nitrogen and oxygen atoms in total. The largest absolute Gasteiger partial charge is 0.397 e. The van der Waals surface area contributed by atoms with Crippen LogP contribution in [0.15, 0.2) is 36.4 Å². The van der Waals surface area contributed by atoms with Crippen LogP contribution in [0.2, 0.25) is 10.0 Å². The number of anilines is 2. The van der Waals surface area contributed by atoms with Gasteiger partial charge in [-0.1, -0.05) is 53.0 Å². The molecule has 0 saturated carbocycles. The summed E-state index contributed by atoms with van der Waals surface area (Å²) in [7, 11) is 2.14. The summed E-state index contributed by atoms with van der Waals surface area (Å²) < 4.78 is 0. The maximum Gasteiger partial charge on any atom is 0.229 e. The second-order valence-corrected chi connectivity index (χ2v) is 8.90. The third kappa shape index (κ3) is 3.49. The molecule has 2 bridgehead atoms. The number of benzene rings is 2. The van der Waals surface area contributed by atoms with E-state index in [1.807, 2.05) is 0 Å². The molecule has 2 aromatic carbocycles. The van der Waals surface area contributed by atoms with Crippen LogP contribution in [0.4, 0.5) is 11.4 Å². The SMILES string of the molecule is Cc1ccc(C2CC3CCC(C2C(=O)Nc2cc(Cl)c(Cl)cc2N)N3C)cc1. The molecule has 1 amide bonds. The Hall–Kier alpha value is -1.75. The van der Waals surface area contributed by atoms with Crippen molar-refractivity contribution in [2.45, 2.75) is 44.2 Å². The van der Waals surface area contributed by atoms with E-state index in [2.05, 4.69) is 48.5 Å². The van der Waals surface area contributed by atoms with Crippen molar-refractivity contribution < 1.29 is 4.79 Å². The Morgan fingerprint density at radius 3 is 2.54 bits per heavy atom. The Morgan fingerprint density at radius 2 is 1.82 bits per heavy atom. The first-order valence-corrected chi connectivity index (χ1v) is 10.4. The first-order chi connectivity index (χ1) is 13.3. The lowest BCUT2D eigenvalue weighted by atomic mass is 9.75. The van der Waals surface area contributed by atoms with Gasteiger partial charge in [0, 0.05) is 12.1 Å². The van der Waals surface area contributed by atoms with Crippen LogP contribution in [0, 0.1) is 12.8 Å². The fourth-order valence-electron chi connectivity index (χ4n) is 4.87. The molecule has 0 aliphatic carbocycles. The zero-order valence-corrected chi connectivity index (χ0v) is 17.6. The van der Waals surface area contributed by atoms with Crippen molar-refractivity contribution in [3.8, 4) is 0 Å². The summed E-state index contributed by atoms with van der Waals surface area (Å²) in [6.07, 6.45) is 3.17. The Bertz CT molecular complexity index is 899. The number of carbonyl (C=O) groups is 1. The molecule has 2 aliphatic rings. The molecule has 28 heavy (non-hydrogen) atoms. The maximum absolute atomic E-state index is 13.4. The number of carbonyl (C=O) groups excluding carboxylic acids is 1. The molecule has 0 spiro atoms. The topological polar surface area (TPSA) is 58.4 Å². The standard InChI is InChI=1S/C22H25Cl2N3O/c1-12-3-5-13(6-4-12)15-9-14-7-8-20(27(14)2)21(15)22(28)26-19-11-17(24)16(23)10-18(19)25/h3-6,10-11,14-15,20-21H,7-9,25H2,1-2H3,(H,26,28). The van der Waals surface area contributed by atoms with E-state index < -0.39 is 0 Å². The predicted molar refractivity (Wildman–Crippen MR) is 116 cm³/mol. The van der Waals surface area contributed by atoms with Gasteiger partial charge < -0.3 is 11.1 Å². The van der Waals surface area contributed by atoms with Crippen molar-refractivity contribution >= 4 is 40.5 Å². The highest BCUT2D eigenvalue weighted by Gasteiger charge is 2.49. The number of nitrogens with two attached hydrogens (primary N) is 1. The molecule has 4 atom stereocenters. The van der Waals surface area contributed by atoms with Crippen LogP contribution in [0.5, 0.6) is 0 Å². The number of nitrogen functional groups attached to an aromatic ring is 1. The zero-order chi connectivity index (χ0) is 20.0. The predicted octanol–water partition coefficient (Wildman–Crippen LogP) is 5.09. The summed E-state index contributed by atoms with van der Waals surface area (Å²) in [5.74, 6) is 0.0477. The lowest BCUT2D eigenvalue weighted by Crippen LogP contribution is -2.50. The second kappa shape index (κ2) is 7.58. The van der Waals surface area contributed by atoms with Crippen LogP contribution in [-0.2, 0) is 4.79 Å². The third-order valence-corrected chi connectivity index (χ3v) is 7.15. The van der Waals surface area contributed by atoms with Crippen molar-refractivity contribution in [3.63, 3.8) is 0 Å². The van der Waals surface area contributed by atoms with Gasteiger partial charge in [-0.05, 0) is 56.8 Å². The van der Waals surface area contributed by atoms with Gasteiger partial charge in [0.25, 0.3) is 0 Å². The molecule has 2 heterocycles. The summed E-state index contributed by atoms with van der Waals surface area (Å²) in [4.78, 5) is 15.8. The Morgan fingerprint density at radius 1 is 1.14 bits per heavy atom. The van der Waals surface area contributed by atoms with Crippen molar-refractivity contribution in [2.75, 3.05) is 18.1 Å². The lowest BCUT2D eigenvalue weighted by molar-refractivity contribution is -0.124. The molecule has 6 heteroatoms. The summed E-state index contributed by atoms with van der Waals surface area (Å²) >= 11 is 12.2. The summed E-state index contributed by atoms with van der Waals surface area (Å²) in [6.45, 7) is 2.08. The number of fused-ring (bicyclic) bond motifs is 2. The molecule has 2 aromatic rings. The van der Waals surface area contributed by atoms with Gasteiger partial charge in [-0.15, -0.1) is 0 Å². The van der Waals surface area contributed by atoms with Gasteiger partial charge in [-0.3, -0.25) is 9.69 Å². The van der Waals surface area contributed by atoms with Gasteiger partial charge in [0.05, 0.1) is 27.3 Å². The monoisotopic (exact) mass is 417 g/mol. The van der Waals surface area contributed by atoms with E-state index in [-0.39, 0.29) is 23.8 Å². The van der Waals surface area contributed by atoms with E-state index >= 15 is 0 Å². The molecule has 4 rings (SSSR count). The van der Waals surface area contributed by atoms with Gasteiger partial charge in [0.15, 0.2) is 0 Å². The minimum atomic E-state index is -0.139. The molecule has 0 radical (unpaired) electrons. The molecule has 2 aliphatic heterocycles. The van der Waals surface area contributed by atoms with E-state index in [0.29, 0.717) is 27.5 Å². The second-order valence-electron chi connectivity index (χ2n) is 8.09. The van der Waals surface area contributed by atoms with E-state index in [0.717, 1.165) is 19.3 Å². The number of nitrogens with zero attached hydrogens (tertiary/aromatic N) is 1. The molecule has 3 N–H and O–H groups in total. The van der Waals surface area contributed by atoms with E-state index in [4.69, 9.17) is 28.9 Å². The highest BCUT2D eigenvalue weighted by Crippen LogP contribution is 2.47. The summed E-state index contributed by atoms with van der Waals surface area (Å²) in [5, 5.41) is 3.79. The molecule has 148 valence electrons. The molecule has 0 aromatic heterocycles. The minimum absolute atomic E-state index is 0.00661. The van der Waals surface area contributed by atoms with E-state index in [1.54, 1.807) is 12.1 Å². The van der Waals surface area contributed by atoms with Crippen LogP contribution < -0.4 is 11.1 Å². The van der Waals surface area contributed by atoms with Crippen molar-refractivity contribution in [3.05, 3.63) is 57.6 Å². The van der Waals surface area contributed by atoms with Gasteiger partial charge in [0.1, 0.15) is 0 Å². The zero-order valence-electron chi connectivity index (χ0n) is 16.1. The number of nitrogens with one attached hydrogen (secondary N) is 1. The van der Waals surface area contributed by atoms with E-state index in [9.17, 15) is 4.79 Å². The van der Waals surface area contributed by atoms with Gasteiger partial charge in [-0.25, -0.2) is 0 Å². The molecular weight excluding hydrogens is 393 g/mol. The summed E-state index contributed by atoms with van der Waals surface area (Å²) in [6, 6.07) is 12.6. The molecular formula is C22H25Cl2N3O. The van der Waals surface area contributed by atoms with Crippen LogP contribution in [0.3, 0.4) is 0 Å². The molecule has 2 fully saturated rings. The number of hydrogen-bond acceptors (Lipinski definition) is 3. The number of amides is 1. The summed E-state index contributed by atoms with van der Waals surface area (Å²) in [5.41, 5.74) is 9.46. The van der Waals surface area contributed by atoms with Crippen LogP contribution in [0.25, 0.3) is 0 Å². The Kier molecular flexibility index (Phi) is 5.30. The fraction of sp³-hybridized carbons (Fsp3) is 0.409. The van der Waals surface area contributed by atoms with Gasteiger partial charge >= 0.3 is 0 Å². The van der Waals surface area contributed by atoms with Crippen molar-refractivity contribution in [2.24, 2.45) is 5.92 Å². The smallest absolute Gasteiger partial charge is 0.229 e. The fourth-order valence-corrected chi connectivity index (χ4v) is 5.20. The number of hydrogen-bond donors (Lipinski definition) is 2. The highest BCUT2D eigenvalue weighted by atomic mass is 35.5. The van der Waals surface area contributed by atoms with Gasteiger partial charge in [-0.2, -0.15) is 0 Å².